The quantitative estimate of drug-likeness (QED) is 0.117. The molecule has 1 aromatic carbocycles. The van der Waals surface area contributed by atoms with Gasteiger partial charge in [-0.3, -0.25) is 0 Å². The van der Waals surface area contributed by atoms with Gasteiger partial charge < -0.3 is 9.50 Å². The standard InChI is InChI=1S/C29H49ClN2O3S/c1-4-7-8-9-10-11-12-13-14-15-16-17-18-19-22-36(33,34)35-26-20-21-27(30)28(23-26)32-25-29(5-2,6-3)24-31/h20-21,23,32H,4-19,22,25H2,1-3H3. The van der Waals surface area contributed by atoms with E-state index in [4.69, 9.17) is 15.8 Å². The Kier molecular flexibility index (Phi) is 17.0. The van der Waals surface area contributed by atoms with E-state index < -0.39 is 15.5 Å². The molecular formula is C29H49ClN2O3S. The number of unbranched alkanes of at least 4 members (excludes halogenated alkanes) is 13. The number of hydrogen-bond donors (Lipinski definition) is 1. The van der Waals surface area contributed by atoms with E-state index in [1.807, 2.05) is 13.8 Å². The number of nitriles is 1. The van der Waals surface area contributed by atoms with Gasteiger partial charge in [0.15, 0.2) is 0 Å². The van der Waals surface area contributed by atoms with Gasteiger partial charge in [0.2, 0.25) is 0 Å². The molecule has 0 spiro atoms. The zero-order valence-corrected chi connectivity index (χ0v) is 24.5. The lowest BCUT2D eigenvalue weighted by molar-refractivity contribution is 0.390. The molecule has 1 aromatic rings. The summed E-state index contributed by atoms with van der Waals surface area (Å²) in [5.41, 5.74) is 0.0857. The maximum atomic E-state index is 12.5. The minimum Gasteiger partial charge on any atom is -0.382 e. The summed E-state index contributed by atoms with van der Waals surface area (Å²) < 4.78 is 30.2. The molecule has 0 fully saturated rings. The molecular weight excluding hydrogens is 492 g/mol. The molecule has 36 heavy (non-hydrogen) atoms. The van der Waals surface area contributed by atoms with E-state index in [9.17, 15) is 13.7 Å². The number of hydrogen-bond acceptors (Lipinski definition) is 5. The van der Waals surface area contributed by atoms with Crippen molar-refractivity contribution in [2.75, 3.05) is 17.6 Å². The zero-order valence-electron chi connectivity index (χ0n) is 22.9. The maximum absolute atomic E-state index is 12.5. The molecule has 0 radical (unpaired) electrons. The summed E-state index contributed by atoms with van der Waals surface area (Å²) >= 11 is 6.28. The number of nitrogens with one attached hydrogen (secondary N) is 1. The van der Waals surface area contributed by atoms with Crippen LogP contribution in [0, 0.1) is 16.7 Å². The zero-order chi connectivity index (χ0) is 26.7. The number of halogens is 1. The third-order valence-corrected chi connectivity index (χ3v) is 8.68. The number of benzene rings is 1. The van der Waals surface area contributed by atoms with Crippen LogP contribution in [0.3, 0.4) is 0 Å². The van der Waals surface area contributed by atoms with Crippen molar-refractivity contribution in [3.8, 4) is 11.8 Å². The van der Waals surface area contributed by atoms with Crippen molar-refractivity contribution in [3.05, 3.63) is 23.2 Å². The number of anilines is 1. The molecule has 0 heterocycles. The summed E-state index contributed by atoms with van der Waals surface area (Å²) in [6.07, 6.45) is 18.6. The highest BCUT2D eigenvalue weighted by molar-refractivity contribution is 7.87. The SMILES string of the molecule is CCCCCCCCCCCCCCCCS(=O)(=O)Oc1ccc(Cl)c(NCC(C#N)(CC)CC)c1. The summed E-state index contributed by atoms with van der Waals surface area (Å²) in [4.78, 5) is 0. The first-order valence-corrected chi connectivity index (χ1v) is 16.1. The summed E-state index contributed by atoms with van der Waals surface area (Å²) in [5, 5.41) is 13.2. The van der Waals surface area contributed by atoms with Gasteiger partial charge in [-0.05, 0) is 31.4 Å². The molecule has 5 nitrogen and oxygen atoms in total. The van der Waals surface area contributed by atoms with Crippen LogP contribution in [-0.4, -0.2) is 20.7 Å². The summed E-state index contributed by atoms with van der Waals surface area (Å²) in [7, 11) is -3.66. The second-order valence-corrected chi connectivity index (χ2v) is 12.1. The van der Waals surface area contributed by atoms with E-state index in [1.54, 1.807) is 18.2 Å². The molecule has 0 aromatic heterocycles. The van der Waals surface area contributed by atoms with Crippen LogP contribution in [-0.2, 0) is 10.1 Å². The molecule has 206 valence electrons. The van der Waals surface area contributed by atoms with E-state index >= 15 is 0 Å². The Balaban J connectivity index is 2.27. The van der Waals surface area contributed by atoms with E-state index in [1.165, 1.54) is 70.6 Å². The van der Waals surface area contributed by atoms with Crippen LogP contribution in [0.4, 0.5) is 5.69 Å². The van der Waals surface area contributed by atoms with Gasteiger partial charge in [-0.1, -0.05) is 116 Å². The summed E-state index contributed by atoms with van der Waals surface area (Å²) in [6, 6.07) is 7.16. The predicted octanol–water partition coefficient (Wildman–Crippen LogP) is 9.27. The average Bonchev–Trinajstić information content (AvgIpc) is 2.87. The Bertz CT molecular complexity index is 864. The fraction of sp³-hybridized carbons (Fsp3) is 0.759. The van der Waals surface area contributed by atoms with Gasteiger partial charge in [0.1, 0.15) is 5.75 Å². The minimum absolute atomic E-state index is 0.0135. The summed E-state index contributed by atoms with van der Waals surface area (Å²) in [5.74, 6) is 0.252. The maximum Gasteiger partial charge on any atom is 0.309 e. The van der Waals surface area contributed by atoms with Crippen molar-refractivity contribution in [1.29, 1.82) is 5.26 Å². The Hall–Kier alpha value is -1.45. The second kappa shape index (κ2) is 18.7. The lowest BCUT2D eigenvalue weighted by atomic mass is 9.84. The Morgan fingerprint density at radius 1 is 0.861 bits per heavy atom. The van der Waals surface area contributed by atoms with E-state index in [0.29, 0.717) is 36.5 Å². The number of rotatable bonds is 22. The first kappa shape index (κ1) is 32.6. The van der Waals surface area contributed by atoms with Crippen LogP contribution in [0.25, 0.3) is 0 Å². The van der Waals surface area contributed by atoms with E-state index in [0.717, 1.165) is 12.8 Å². The first-order chi connectivity index (χ1) is 17.3. The summed E-state index contributed by atoms with van der Waals surface area (Å²) in [6.45, 7) is 6.66. The Labute approximate surface area is 226 Å². The van der Waals surface area contributed by atoms with Crippen molar-refractivity contribution in [1.82, 2.24) is 0 Å². The van der Waals surface area contributed by atoms with Crippen molar-refractivity contribution in [2.24, 2.45) is 5.41 Å². The van der Waals surface area contributed by atoms with Crippen LogP contribution in [0.5, 0.6) is 5.75 Å². The molecule has 7 heteroatoms. The molecule has 0 aliphatic rings. The molecule has 0 unspecified atom stereocenters. The molecule has 0 atom stereocenters. The lowest BCUT2D eigenvalue weighted by Crippen LogP contribution is -2.26. The minimum atomic E-state index is -3.66. The monoisotopic (exact) mass is 540 g/mol. The molecule has 0 aliphatic carbocycles. The number of nitrogens with zero attached hydrogens (tertiary/aromatic N) is 1. The highest BCUT2D eigenvalue weighted by Crippen LogP contribution is 2.31. The Morgan fingerprint density at radius 2 is 1.36 bits per heavy atom. The second-order valence-electron chi connectivity index (χ2n) is 10.0. The first-order valence-electron chi connectivity index (χ1n) is 14.2. The third kappa shape index (κ3) is 13.7. The van der Waals surface area contributed by atoms with Crippen molar-refractivity contribution >= 4 is 27.4 Å². The van der Waals surface area contributed by atoms with Crippen molar-refractivity contribution in [2.45, 2.75) is 124 Å². The van der Waals surface area contributed by atoms with Gasteiger partial charge >= 0.3 is 10.1 Å². The average molecular weight is 541 g/mol. The predicted molar refractivity (Wildman–Crippen MR) is 153 cm³/mol. The van der Waals surface area contributed by atoms with Crippen LogP contribution >= 0.6 is 11.6 Å². The van der Waals surface area contributed by atoms with Gasteiger partial charge in [0.05, 0.1) is 27.9 Å². The van der Waals surface area contributed by atoms with Gasteiger partial charge in [0.25, 0.3) is 0 Å². The van der Waals surface area contributed by atoms with Gasteiger partial charge in [-0.15, -0.1) is 0 Å². The highest BCUT2D eigenvalue weighted by Gasteiger charge is 2.26. The van der Waals surface area contributed by atoms with Crippen molar-refractivity contribution in [3.63, 3.8) is 0 Å². The van der Waals surface area contributed by atoms with Gasteiger partial charge in [-0.25, -0.2) is 0 Å². The van der Waals surface area contributed by atoms with Gasteiger partial charge in [-0.2, -0.15) is 13.7 Å². The highest BCUT2D eigenvalue weighted by atomic mass is 35.5. The van der Waals surface area contributed by atoms with Crippen LogP contribution in [0.2, 0.25) is 5.02 Å². The lowest BCUT2D eigenvalue weighted by Gasteiger charge is -2.24. The topological polar surface area (TPSA) is 79.2 Å². The smallest absolute Gasteiger partial charge is 0.309 e. The molecule has 1 rings (SSSR count). The molecule has 0 aliphatic heterocycles. The largest absolute Gasteiger partial charge is 0.382 e. The van der Waals surface area contributed by atoms with Crippen molar-refractivity contribution < 1.29 is 12.6 Å². The van der Waals surface area contributed by atoms with Crippen LogP contribution in [0.1, 0.15) is 124 Å². The molecule has 0 saturated heterocycles. The molecule has 0 bridgehead atoms. The van der Waals surface area contributed by atoms with Gasteiger partial charge in [0, 0.05) is 12.6 Å². The van der Waals surface area contributed by atoms with E-state index in [-0.39, 0.29) is 11.5 Å². The Morgan fingerprint density at radius 3 is 1.83 bits per heavy atom. The molecule has 0 saturated carbocycles. The molecule has 0 amide bonds. The third-order valence-electron chi connectivity index (χ3n) is 7.12. The fourth-order valence-corrected chi connectivity index (χ4v) is 5.54. The molecule has 1 N–H and O–H groups in total. The van der Waals surface area contributed by atoms with E-state index in [2.05, 4.69) is 18.3 Å². The van der Waals surface area contributed by atoms with Crippen LogP contribution in [0.15, 0.2) is 18.2 Å². The fourth-order valence-electron chi connectivity index (χ4n) is 4.32. The normalized spacial score (nSPS) is 11.9. The van der Waals surface area contributed by atoms with Crippen LogP contribution < -0.4 is 9.50 Å².